The molecule has 1 heterocycles. The first-order chi connectivity index (χ1) is 10.7. The third kappa shape index (κ3) is 4.00. The number of ether oxygens (including phenoxy) is 1. The Kier molecular flexibility index (Phi) is 4.96. The Hall–Kier alpha value is -1.66. The summed E-state index contributed by atoms with van der Waals surface area (Å²) in [4.78, 5) is 13.3. The number of carbonyl (C=O) groups excluding carboxylic acids is 1. The lowest BCUT2D eigenvalue weighted by atomic mass is 9.82. The fourth-order valence-electron chi connectivity index (χ4n) is 2.65. The van der Waals surface area contributed by atoms with E-state index in [1.54, 1.807) is 45.0 Å². The van der Waals surface area contributed by atoms with Crippen molar-refractivity contribution < 1.29 is 24.1 Å². The van der Waals surface area contributed by atoms with Crippen LogP contribution in [0.2, 0.25) is 0 Å². The number of benzene rings is 1. The number of aliphatic hydroxyl groups excluding tert-OH is 1. The van der Waals surface area contributed by atoms with Gasteiger partial charge in [0.15, 0.2) is 6.17 Å². The van der Waals surface area contributed by atoms with E-state index >= 15 is 0 Å². The van der Waals surface area contributed by atoms with Crippen LogP contribution in [0.3, 0.4) is 0 Å². The molecule has 1 aliphatic heterocycles. The van der Waals surface area contributed by atoms with Crippen molar-refractivity contribution in [2.75, 3.05) is 13.1 Å². The summed E-state index contributed by atoms with van der Waals surface area (Å²) in [5.74, 6) is 0. The maximum Gasteiger partial charge on any atom is 0.410 e. The van der Waals surface area contributed by atoms with Gasteiger partial charge in [-0.2, -0.15) is 0 Å². The van der Waals surface area contributed by atoms with Crippen LogP contribution in [0.25, 0.3) is 0 Å². The number of piperidine rings is 1. The van der Waals surface area contributed by atoms with Gasteiger partial charge in [-0.3, -0.25) is 0 Å². The Morgan fingerprint density at radius 2 is 2.17 bits per heavy atom. The Morgan fingerprint density at radius 1 is 1.48 bits per heavy atom. The topological polar surface area (TPSA) is 70.0 Å². The number of nitrogens with zero attached hydrogens (tertiary/aromatic N) is 1. The van der Waals surface area contributed by atoms with Crippen LogP contribution in [0.15, 0.2) is 24.3 Å². The molecule has 2 N–H and O–H groups in total. The van der Waals surface area contributed by atoms with Crippen LogP contribution in [0.5, 0.6) is 0 Å². The molecule has 6 heteroatoms. The van der Waals surface area contributed by atoms with Crippen LogP contribution >= 0.6 is 0 Å². The van der Waals surface area contributed by atoms with Gasteiger partial charge in [-0.15, -0.1) is 0 Å². The molecule has 0 spiro atoms. The number of hydrogen-bond acceptors (Lipinski definition) is 4. The number of amides is 1. The normalized spacial score (nSPS) is 25.3. The number of alkyl halides is 1. The van der Waals surface area contributed by atoms with E-state index in [4.69, 9.17) is 4.74 Å². The van der Waals surface area contributed by atoms with Crippen molar-refractivity contribution in [3.8, 4) is 0 Å². The molecule has 0 bridgehead atoms. The van der Waals surface area contributed by atoms with Crippen molar-refractivity contribution in [2.24, 2.45) is 0 Å². The fourth-order valence-corrected chi connectivity index (χ4v) is 2.65. The van der Waals surface area contributed by atoms with Gasteiger partial charge in [0.25, 0.3) is 0 Å². The van der Waals surface area contributed by atoms with E-state index in [9.17, 15) is 19.4 Å². The molecule has 2 unspecified atom stereocenters. The summed E-state index contributed by atoms with van der Waals surface area (Å²) < 4.78 is 19.9. The van der Waals surface area contributed by atoms with Crippen molar-refractivity contribution in [1.29, 1.82) is 0 Å². The molecule has 0 aliphatic carbocycles. The van der Waals surface area contributed by atoms with Gasteiger partial charge < -0.3 is 19.8 Å². The van der Waals surface area contributed by atoms with E-state index in [2.05, 4.69) is 0 Å². The Balaban J connectivity index is 2.12. The molecular formula is C17H24FNO4. The number of rotatable bonds is 2. The fraction of sp³-hybridized carbons (Fsp3) is 0.588. The summed E-state index contributed by atoms with van der Waals surface area (Å²) in [6.45, 7) is 5.05. The summed E-state index contributed by atoms with van der Waals surface area (Å²) in [5, 5.41) is 19.9. The standard InChI is InChI=1S/C17H24FNO4/c1-16(2,3)23-15(21)19-8-7-17(22,14(18)10-19)13-6-4-5-12(9-13)11-20/h4-6,9,14,20,22H,7-8,10-11H2,1-3H3. The smallest absolute Gasteiger partial charge is 0.410 e. The first-order valence-electron chi connectivity index (χ1n) is 7.70. The minimum atomic E-state index is -1.66. The maximum absolute atomic E-state index is 14.6. The molecule has 1 aliphatic rings. The van der Waals surface area contributed by atoms with E-state index in [1.165, 1.54) is 4.90 Å². The molecule has 128 valence electrons. The molecule has 2 rings (SSSR count). The molecule has 1 amide bonds. The zero-order valence-electron chi connectivity index (χ0n) is 13.8. The third-order valence-corrected chi connectivity index (χ3v) is 3.92. The molecule has 1 aromatic rings. The molecule has 1 fully saturated rings. The van der Waals surface area contributed by atoms with Crippen LogP contribution in [0.1, 0.15) is 38.3 Å². The van der Waals surface area contributed by atoms with Gasteiger partial charge >= 0.3 is 6.09 Å². The summed E-state index contributed by atoms with van der Waals surface area (Å²) in [7, 11) is 0. The predicted octanol–water partition coefficient (Wildman–Crippen LogP) is 2.35. The summed E-state index contributed by atoms with van der Waals surface area (Å²) >= 11 is 0. The Labute approximate surface area is 135 Å². The second-order valence-electron chi connectivity index (χ2n) is 6.93. The molecule has 5 nitrogen and oxygen atoms in total. The average molecular weight is 325 g/mol. The minimum Gasteiger partial charge on any atom is -0.444 e. The van der Waals surface area contributed by atoms with Gasteiger partial charge in [0.2, 0.25) is 0 Å². The second kappa shape index (κ2) is 6.45. The van der Waals surface area contributed by atoms with Gasteiger partial charge in [0.1, 0.15) is 11.2 Å². The van der Waals surface area contributed by atoms with Gasteiger partial charge in [-0.1, -0.05) is 24.3 Å². The van der Waals surface area contributed by atoms with Gasteiger partial charge in [0, 0.05) is 13.0 Å². The number of halogens is 1. The van der Waals surface area contributed by atoms with E-state index < -0.39 is 23.5 Å². The number of aliphatic hydroxyl groups is 2. The molecule has 0 saturated carbocycles. The van der Waals surface area contributed by atoms with Crippen molar-refractivity contribution in [2.45, 2.75) is 51.2 Å². The van der Waals surface area contributed by atoms with E-state index in [0.717, 1.165) is 0 Å². The predicted molar refractivity (Wildman–Crippen MR) is 83.6 cm³/mol. The highest BCUT2D eigenvalue weighted by molar-refractivity contribution is 5.68. The Morgan fingerprint density at radius 3 is 2.74 bits per heavy atom. The van der Waals surface area contributed by atoms with Crippen LogP contribution in [0, 0.1) is 0 Å². The summed E-state index contributed by atoms with van der Waals surface area (Å²) in [5.41, 5.74) is -1.28. The highest BCUT2D eigenvalue weighted by Gasteiger charge is 2.45. The maximum atomic E-state index is 14.6. The van der Waals surface area contributed by atoms with Crippen molar-refractivity contribution in [1.82, 2.24) is 4.90 Å². The van der Waals surface area contributed by atoms with Gasteiger partial charge in [0.05, 0.1) is 13.2 Å². The largest absolute Gasteiger partial charge is 0.444 e. The highest BCUT2D eigenvalue weighted by Crippen LogP contribution is 2.35. The van der Waals surface area contributed by atoms with Gasteiger partial charge in [-0.25, -0.2) is 9.18 Å². The SMILES string of the molecule is CC(C)(C)OC(=O)N1CCC(O)(c2cccc(CO)c2)C(F)C1. The molecular weight excluding hydrogens is 301 g/mol. The minimum absolute atomic E-state index is 0.0717. The summed E-state index contributed by atoms with van der Waals surface area (Å²) in [6, 6.07) is 6.60. The van der Waals surface area contributed by atoms with Crippen molar-refractivity contribution >= 4 is 6.09 Å². The molecule has 1 saturated heterocycles. The monoisotopic (exact) mass is 325 g/mol. The van der Waals surface area contributed by atoms with E-state index in [1.807, 2.05) is 0 Å². The third-order valence-electron chi connectivity index (χ3n) is 3.92. The Bertz CT molecular complexity index is 572. The number of hydrogen-bond donors (Lipinski definition) is 2. The number of likely N-dealkylation sites (tertiary alicyclic amines) is 1. The van der Waals surface area contributed by atoms with Crippen LogP contribution in [0.4, 0.5) is 9.18 Å². The molecule has 2 atom stereocenters. The van der Waals surface area contributed by atoms with Crippen molar-refractivity contribution in [3.05, 3.63) is 35.4 Å². The van der Waals surface area contributed by atoms with Gasteiger partial charge in [-0.05, 0) is 31.9 Å². The lowest BCUT2D eigenvalue weighted by Crippen LogP contribution is -2.54. The van der Waals surface area contributed by atoms with E-state index in [0.29, 0.717) is 11.1 Å². The first kappa shape index (κ1) is 17.7. The zero-order valence-corrected chi connectivity index (χ0v) is 13.8. The van der Waals surface area contributed by atoms with Crippen LogP contribution in [-0.4, -0.2) is 46.1 Å². The quantitative estimate of drug-likeness (QED) is 0.876. The zero-order chi connectivity index (χ0) is 17.3. The summed E-state index contributed by atoms with van der Waals surface area (Å²) in [6.07, 6.45) is -2.13. The van der Waals surface area contributed by atoms with E-state index in [-0.39, 0.29) is 26.1 Å². The molecule has 1 aromatic carbocycles. The molecule has 0 aromatic heterocycles. The van der Waals surface area contributed by atoms with Crippen LogP contribution in [-0.2, 0) is 16.9 Å². The molecule has 0 radical (unpaired) electrons. The molecule has 23 heavy (non-hydrogen) atoms. The average Bonchev–Trinajstić information content (AvgIpc) is 2.48. The first-order valence-corrected chi connectivity index (χ1v) is 7.70. The van der Waals surface area contributed by atoms with Crippen LogP contribution < -0.4 is 0 Å². The second-order valence-corrected chi connectivity index (χ2v) is 6.93. The van der Waals surface area contributed by atoms with Crippen molar-refractivity contribution in [3.63, 3.8) is 0 Å². The highest BCUT2D eigenvalue weighted by atomic mass is 19.1. The lowest BCUT2D eigenvalue weighted by molar-refractivity contribution is -0.0908. The lowest BCUT2D eigenvalue weighted by Gasteiger charge is -2.41. The number of carbonyl (C=O) groups is 1.